The van der Waals surface area contributed by atoms with Gasteiger partial charge in [-0.3, -0.25) is 0 Å². The molecule has 30 heavy (non-hydrogen) atoms. The summed E-state index contributed by atoms with van der Waals surface area (Å²) in [6.07, 6.45) is 2.34. The van der Waals surface area contributed by atoms with Gasteiger partial charge < -0.3 is 20.5 Å². The molecule has 0 bridgehead atoms. The number of aromatic nitrogens is 2. The molecular formula is C23H26N4O3. The SMILES string of the molecule is CCc1ccc(Oc2ncnc(Nc3ccc(C(=O)OCC(C)C)cc3)c2N)cc1. The van der Waals surface area contributed by atoms with E-state index in [1.54, 1.807) is 24.3 Å². The molecule has 0 saturated carbocycles. The van der Waals surface area contributed by atoms with Gasteiger partial charge in [-0.2, -0.15) is 4.98 Å². The van der Waals surface area contributed by atoms with Crippen LogP contribution in [0.1, 0.15) is 36.7 Å². The highest BCUT2D eigenvalue weighted by Crippen LogP contribution is 2.31. The van der Waals surface area contributed by atoms with Crippen LogP contribution in [-0.4, -0.2) is 22.5 Å². The topological polar surface area (TPSA) is 99.4 Å². The lowest BCUT2D eigenvalue weighted by molar-refractivity contribution is 0.0459. The standard InChI is InChI=1S/C23H26N4O3/c1-4-16-5-11-19(12-6-16)30-22-20(24)21(25-14-26-22)27-18-9-7-17(8-10-18)23(28)29-13-15(2)3/h5-12,14-15H,4,13,24H2,1-3H3,(H,25,26,27). The number of anilines is 3. The minimum absolute atomic E-state index is 0.269. The number of hydrogen-bond acceptors (Lipinski definition) is 7. The Bertz CT molecular complexity index is 986. The number of nitrogens with zero attached hydrogens (tertiary/aromatic N) is 2. The van der Waals surface area contributed by atoms with Crippen LogP contribution in [0.4, 0.5) is 17.2 Å². The van der Waals surface area contributed by atoms with E-state index in [1.807, 2.05) is 38.1 Å². The maximum Gasteiger partial charge on any atom is 0.338 e. The van der Waals surface area contributed by atoms with E-state index < -0.39 is 0 Å². The molecule has 0 spiro atoms. The third-order valence-corrected chi connectivity index (χ3v) is 4.32. The molecule has 156 valence electrons. The minimum Gasteiger partial charge on any atom is -0.462 e. The number of benzene rings is 2. The lowest BCUT2D eigenvalue weighted by Crippen LogP contribution is -2.10. The zero-order chi connectivity index (χ0) is 21.5. The normalized spacial score (nSPS) is 10.7. The molecule has 1 heterocycles. The average molecular weight is 406 g/mol. The first-order chi connectivity index (χ1) is 14.5. The Morgan fingerprint density at radius 1 is 1.07 bits per heavy atom. The summed E-state index contributed by atoms with van der Waals surface area (Å²) in [7, 11) is 0. The predicted molar refractivity (Wildman–Crippen MR) is 117 cm³/mol. The van der Waals surface area contributed by atoms with Crippen LogP contribution in [0.15, 0.2) is 54.9 Å². The summed E-state index contributed by atoms with van der Waals surface area (Å²) < 4.78 is 11.0. The van der Waals surface area contributed by atoms with E-state index in [1.165, 1.54) is 11.9 Å². The summed E-state index contributed by atoms with van der Waals surface area (Å²) in [5.41, 5.74) is 8.91. The Morgan fingerprint density at radius 2 is 1.77 bits per heavy atom. The number of ether oxygens (including phenoxy) is 2. The van der Waals surface area contributed by atoms with Crippen LogP contribution in [0.25, 0.3) is 0 Å². The average Bonchev–Trinajstić information content (AvgIpc) is 2.76. The lowest BCUT2D eigenvalue weighted by Gasteiger charge is -2.12. The van der Waals surface area contributed by atoms with Gasteiger partial charge in [0.1, 0.15) is 17.8 Å². The van der Waals surface area contributed by atoms with E-state index in [-0.39, 0.29) is 23.5 Å². The van der Waals surface area contributed by atoms with Crippen molar-refractivity contribution in [2.45, 2.75) is 27.2 Å². The van der Waals surface area contributed by atoms with Crippen molar-refractivity contribution in [1.29, 1.82) is 0 Å². The van der Waals surface area contributed by atoms with E-state index >= 15 is 0 Å². The Kier molecular flexibility index (Phi) is 6.85. The molecule has 3 aromatic rings. The molecule has 0 saturated heterocycles. The quantitative estimate of drug-likeness (QED) is 0.510. The lowest BCUT2D eigenvalue weighted by atomic mass is 10.2. The van der Waals surface area contributed by atoms with Crippen LogP contribution < -0.4 is 15.8 Å². The third kappa shape index (κ3) is 5.47. The van der Waals surface area contributed by atoms with Gasteiger partial charge >= 0.3 is 5.97 Å². The van der Waals surface area contributed by atoms with E-state index in [0.29, 0.717) is 23.7 Å². The zero-order valence-corrected chi connectivity index (χ0v) is 17.4. The van der Waals surface area contributed by atoms with Crippen molar-refractivity contribution in [3.63, 3.8) is 0 Å². The molecule has 0 amide bonds. The fourth-order valence-corrected chi connectivity index (χ4v) is 2.62. The van der Waals surface area contributed by atoms with Gasteiger partial charge in [-0.25, -0.2) is 9.78 Å². The van der Waals surface area contributed by atoms with Crippen molar-refractivity contribution in [1.82, 2.24) is 9.97 Å². The molecule has 3 N–H and O–H groups in total. The molecule has 2 aromatic carbocycles. The van der Waals surface area contributed by atoms with Crippen LogP contribution in [0, 0.1) is 5.92 Å². The van der Waals surface area contributed by atoms with Crippen LogP contribution in [-0.2, 0) is 11.2 Å². The van der Waals surface area contributed by atoms with Gasteiger partial charge in [-0.05, 0) is 54.3 Å². The maximum absolute atomic E-state index is 12.0. The van der Waals surface area contributed by atoms with Crippen LogP contribution in [0.2, 0.25) is 0 Å². The van der Waals surface area contributed by atoms with Crippen LogP contribution >= 0.6 is 0 Å². The van der Waals surface area contributed by atoms with Gasteiger partial charge in [0.2, 0.25) is 5.88 Å². The Hall–Kier alpha value is -3.61. The minimum atomic E-state index is -0.346. The molecule has 1 aromatic heterocycles. The number of nitrogens with two attached hydrogens (primary N) is 1. The molecule has 0 aliphatic carbocycles. The first kappa shape index (κ1) is 21.1. The summed E-state index contributed by atoms with van der Waals surface area (Å²) in [6, 6.07) is 14.7. The Morgan fingerprint density at radius 3 is 2.40 bits per heavy atom. The van der Waals surface area contributed by atoms with E-state index in [9.17, 15) is 4.79 Å². The number of nitrogen functional groups attached to an aromatic ring is 1. The molecule has 0 fully saturated rings. The van der Waals surface area contributed by atoms with Crippen LogP contribution in [0.3, 0.4) is 0 Å². The second kappa shape index (κ2) is 9.73. The second-order valence-electron chi connectivity index (χ2n) is 7.24. The molecule has 0 aliphatic heterocycles. The van der Waals surface area contributed by atoms with E-state index in [0.717, 1.165) is 12.1 Å². The fourth-order valence-electron chi connectivity index (χ4n) is 2.62. The van der Waals surface area contributed by atoms with Gasteiger partial charge in [0.15, 0.2) is 5.82 Å². The van der Waals surface area contributed by atoms with Gasteiger partial charge in [-0.15, -0.1) is 0 Å². The Labute approximate surface area is 176 Å². The van der Waals surface area contributed by atoms with Crippen molar-refractivity contribution < 1.29 is 14.3 Å². The van der Waals surface area contributed by atoms with Gasteiger partial charge in [0.05, 0.1) is 12.2 Å². The monoisotopic (exact) mass is 406 g/mol. The molecule has 7 heteroatoms. The highest BCUT2D eigenvalue weighted by Gasteiger charge is 2.12. The van der Waals surface area contributed by atoms with Crippen molar-refractivity contribution in [2.75, 3.05) is 17.7 Å². The van der Waals surface area contributed by atoms with Crippen molar-refractivity contribution in [2.24, 2.45) is 5.92 Å². The molecular weight excluding hydrogens is 380 g/mol. The van der Waals surface area contributed by atoms with E-state index in [4.69, 9.17) is 15.2 Å². The zero-order valence-electron chi connectivity index (χ0n) is 17.4. The third-order valence-electron chi connectivity index (χ3n) is 4.32. The summed E-state index contributed by atoms with van der Waals surface area (Å²) >= 11 is 0. The van der Waals surface area contributed by atoms with Crippen molar-refractivity contribution in [3.8, 4) is 11.6 Å². The highest BCUT2D eigenvalue weighted by atomic mass is 16.5. The summed E-state index contributed by atoms with van der Waals surface area (Å²) in [5, 5.41) is 3.12. The number of rotatable bonds is 8. The number of aryl methyl sites for hydroxylation is 1. The van der Waals surface area contributed by atoms with Gasteiger partial charge in [-0.1, -0.05) is 32.9 Å². The molecule has 0 aliphatic rings. The number of esters is 1. The summed E-state index contributed by atoms with van der Waals surface area (Å²) in [6.45, 7) is 6.47. The fraction of sp³-hybridized carbons (Fsp3) is 0.261. The van der Waals surface area contributed by atoms with E-state index in [2.05, 4.69) is 22.2 Å². The highest BCUT2D eigenvalue weighted by molar-refractivity contribution is 5.90. The van der Waals surface area contributed by atoms with Gasteiger partial charge in [0, 0.05) is 5.69 Å². The molecule has 0 unspecified atom stereocenters. The molecule has 0 radical (unpaired) electrons. The summed E-state index contributed by atoms with van der Waals surface area (Å²) in [4.78, 5) is 20.4. The Balaban J connectivity index is 1.69. The van der Waals surface area contributed by atoms with Gasteiger partial charge in [0.25, 0.3) is 0 Å². The number of carbonyl (C=O) groups excluding carboxylic acids is 1. The molecule has 3 rings (SSSR count). The van der Waals surface area contributed by atoms with Crippen molar-refractivity contribution >= 4 is 23.2 Å². The summed E-state index contributed by atoms with van der Waals surface area (Å²) in [5.74, 6) is 1.27. The predicted octanol–water partition coefficient (Wildman–Crippen LogP) is 4.97. The number of carbonyl (C=O) groups is 1. The first-order valence-electron chi connectivity index (χ1n) is 9.87. The molecule has 7 nitrogen and oxygen atoms in total. The van der Waals surface area contributed by atoms with Crippen molar-refractivity contribution in [3.05, 3.63) is 66.0 Å². The number of nitrogens with one attached hydrogen (secondary N) is 1. The largest absolute Gasteiger partial charge is 0.462 e. The smallest absolute Gasteiger partial charge is 0.338 e. The van der Waals surface area contributed by atoms with Crippen LogP contribution in [0.5, 0.6) is 11.6 Å². The molecule has 0 atom stereocenters. The second-order valence-corrected chi connectivity index (χ2v) is 7.24. The first-order valence-corrected chi connectivity index (χ1v) is 9.87. The number of hydrogen-bond donors (Lipinski definition) is 2. The maximum atomic E-state index is 12.0.